The number of nitrogens with two attached hydrogens (primary N) is 1. The Bertz CT molecular complexity index is 855. The van der Waals surface area contributed by atoms with Crippen molar-refractivity contribution in [3.05, 3.63) is 17.8 Å². The molecular weight excluding hydrogens is 344 g/mol. The van der Waals surface area contributed by atoms with Crippen LogP contribution in [0.15, 0.2) is 12.3 Å². The fourth-order valence-electron chi connectivity index (χ4n) is 2.93. The molecule has 1 amide bonds. The summed E-state index contributed by atoms with van der Waals surface area (Å²) in [6.07, 6.45) is 1.54. The largest absolute Gasteiger partial charge is 0.444 e. The van der Waals surface area contributed by atoms with Crippen molar-refractivity contribution in [1.29, 1.82) is 0 Å². The first kappa shape index (κ1) is 19.1. The molecule has 0 aromatic carbocycles. The molecule has 0 spiro atoms. The molecule has 1 aliphatic rings. The van der Waals surface area contributed by atoms with Crippen LogP contribution in [0, 0.1) is 0 Å². The standard InChI is InChI=1S/C19H28N6O2/c1-11(2)12-7-14-15(21-8-12)16(23-17(20)22-14)25-9-13(10-25)24(6)18(26)27-19(3,4)5/h7-8,11,13H,9-10H2,1-6H3,(H2,20,22,23). The summed E-state index contributed by atoms with van der Waals surface area (Å²) < 4.78 is 5.43. The fourth-order valence-corrected chi connectivity index (χ4v) is 2.93. The Balaban J connectivity index is 1.77. The number of hydrogen-bond acceptors (Lipinski definition) is 7. The zero-order valence-electron chi connectivity index (χ0n) is 16.9. The molecule has 0 atom stereocenters. The predicted molar refractivity (Wildman–Crippen MR) is 106 cm³/mol. The van der Waals surface area contributed by atoms with Gasteiger partial charge in [0, 0.05) is 26.3 Å². The Morgan fingerprint density at radius 2 is 2.00 bits per heavy atom. The molecule has 8 heteroatoms. The first-order valence-corrected chi connectivity index (χ1v) is 9.19. The number of carbonyl (C=O) groups is 1. The van der Waals surface area contributed by atoms with E-state index >= 15 is 0 Å². The van der Waals surface area contributed by atoms with Crippen molar-refractivity contribution < 1.29 is 9.53 Å². The minimum absolute atomic E-state index is 0.0565. The summed E-state index contributed by atoms with van der Waals surface area (Å²) in [6.45, 7) is 11.1. The zero-order chi connectivity index (χ0) is 19.9. The second-order valence-corrected chi connectivity index (χ2v) is 8.35. The van der Waals surface area contributed by atoms with Crippen molar-refractivity contribution in [2.24, 2.45) is 0 Å². The minimum Gasteiger partial charge on any atom is -0.444 e. The maximum atomic E-state index is 12.2. The van der Waals surface area contributed by atoms with E-state index < -0.39 is 5.60 Å². The molecule has 2 aromatic heterocycles. The van der Waals surface area contributed by atoms with Gasteiger partial charge in [-0.3, -0.25) is 4.98 Å². The van der Waals surface area contributed by atoms with E-state index in [0.717, 1.165) is 16.6 Å². The van der Waals surface area contributed by atoms with Crippen LogP contribution in [-0.2, 0) is 4.74 Å². The highest BCUT2D eigenvalue weighted by Gasteiger charge is 2.36. The molecule has 1 fully saturated rings. The zero-order valence-corrected chi connectivity index (χ0v) is 16.9. The third-order valence-corrected chi connectivity index (χ3v) is 4.61. The number of nitrogens with zero attached hydrogens (tertiary/aromatic N) is 5. The Morgan fingerprint density at radius 3 is 2.59 bits per heavy atom. The molecule has 0 aliphatic carbocycles. The molecule has 2 N–H and O–H groups in total. The van der Waals surface area contributed by atoms with E-state index in [0.29, 0.717) is 24.8 Å². The lowest BCUT2D eigenvalue weighted by molar-refractivity contribution is 0.0197. The second-order valence-electron chi connectivity index (χ2n) is 8.35. The minimum atomic E-state index is -0.510. The number of likely N-dealkylation sites (N-methyl/N-ethyl adjacent to an activating group) is 1. The number of amides is 1. The number of hydrogen-bond donors (Lipinski definition) is 1. The lowest BCUT2D eigenvalue weighted by Gasteiger charge is -2.44. The lowest BCUT2D eigenvalue weighted by Crippen LogP contribution is -2.60. The van der Waals surface area contributed by atoms with Gasteiger partial charge >= 0.3 is 6.09 Å². The summed E-state index contributed by atoms with van der Waals surface area (Å²) in [5.74, 6) is 1.29. The van der Waals surface area contributed by atoms with Gasteiger partial charge in [-0.25, -0.2) is 9.78 Å². The molecule has 1 aliphatic heterocycles. The topological polar surface area (TPSA) is 97.5 Å². The van der Waals surface area contributed by atoms with Crippen LogP contribution < -0.4 is 10.6 Å². The van der Waals surface area contributed by atoms with Crippen LogP contribution in [0.25, 0.3) is 11.0 Å². The Hall–Kier alpha value is -2.64. The fraction of sp³-hybridized carbons (Fsp3) is 0.579. The molecular formula is C19H28N6O2. The van der Waals surface area contributed by atoms with Gasteiger partial charge in [0.05, 0.1) is 11.6 Å². The summed E-state index contributed by atoms with van der Waals surface area (Å²) >= 11 is 0. The van der Waals surface area contributed by atoms with Crippen LogP contribution in [0.5, 0.6) is 0 Å². The highest BCUT2D eigenvalue weighted by atomic mass is 16.6. The molecule has 27 heavy (non-hydrogen) atoms. The molecule has 0 radical (unpaired) electrons. The molecule has 0 bridgehead atoms. The van der Waals surface area contributed by atoms with E-state index in [1.54, 1.807) is 11.9 Å². The number of pyridine rings is 1. The van der Waals surface area contributed by atoms with Gasteiger partial charge in [-0.05, 0) is 38.3 Å². The van der Waals surface area contributed by atoms with Crippen LogP contribution >= 0.6 is 0 Å². The first-order chi connectivity index (χ1) is 12.5. The van der Waals surface area contributed by atoms with Gasteiger partial charge in [0.25, 0.3) is 0 Å². The van der Waals surface area contributed by atoms with Crippen molar-refractivity contribution in [2.75, 3.05) is 30.8 Å². The monoisotopic (exact) mass is 372 g/mol. The number of aromatic nitrogens is 3. The van der Waals surface area contributed by atoms with Crippen LogP contribution in [0.3, 0.4) is 0 Å². The molecule has 3 rings (SSSR count). The van der Waals surface area contributed by atoms with E-state index in [1.165, 1.54) is 0 Å². The maximum absolute atomic E-state index is 12.2. The van der Waals surface area contributed by atoms with Crippen LogP contribution in [0.4, 0.5) is 16.6 Å². The van der Waals surface area contributed by atoms with E-state index in [2.05, 4.69) is 33.7 Å². The van der Waals surface area contributed by atoms with Crippen molar-refractivity contribution in [3.8, 4) is 0 Å². The number of rotatable bonds is 3. The lowest BCUT2D eigenvalue weighted by atomic mass is 10.0. The predicted octanol–water partition coefficient (Wildman–Crippen LogP) is 2.79. The molecule has 1 saturated heterocycles. The molecule has 8 nitrogen and oxygen atoms in total. The average molecular weight is 372 g/mol. The van der Waals surface area contributed by atoms with Crippen molar-refractivity contribution in [2.45, 2.75) is 52.2 Å². The third kappa shape index (κ3) is 4.04. The van der Waals surface area contributed by atoms with Gasteiger partial charge in [-0.1, -0.05) is 13.8 Å². The van der Waals surface area contributed by atoms with Crippen molar-refractivity contribution in [1.82, 2.24) is 19.9 Å². The molecule has 0 saturated carbocycles. The Morgan fingerprint density at radius 1 is 1.33 bits per heavy atom. The summed E-state index contributed by atoms with van der Waals surface area (Å²) in [7, 11) is 1.76. The van der Waals surface area contributed by atoms with Gasteiger partial charge < -0.3 is 20.3 Å². The number of carbonyl (C=O) groups excluding carboxylic acids is 1. The quantitative estimate of drug-likeness (QED) is 0.884. The van der Waals surface area contributed by atoms with Gasteiger partial charge in [-0.15, -0.1) is 0 Å². The average Bonchev–Trinajstić information content (AvgIpc) is 2.50. The molecule has 3 heterocycles. The van der Waals surface area contributed by atoms with Crippen molar-refractivity contribution >= 4 is 28.9 Å². The smallest absolute Gasteiger partial charge is 0.410 e. The normalized spacial score (nSPS) is 15.1. The number of ether oxygens (including phenoxy) is 1. The Labute approximate surface area is 159 Å². The first-order valence-electron chi connectivity index (χ1n) is 9.19. The summed E-state index contributed by atoms with van der Waals surface area (Å²) in [6, 6.07) is 2.07. The highest BCUT2D eigenvalue weighted by molar-refractivity contribution is 5.87. The SMILES string of the molecule is CC(C)c1cnc2c(N3CC(N(C)C(=O)OC(C)(C)C)C3)nc(N)nc2c1. The molecule has 146 valence electrons. The number of fused-ring (bicyclic) bond motifs is 1. The van der Waals surface area contributed by atoms with E-state index in [-0.39, 0.29) is 18.1 Å². The number of nitrogen functional groups attached to an aromatic ring is 1. The van der Waals surface area contributed by atoms with Crippen molar-refractivity contribution in [3.63, 3.8) is 0 Å². The van der Waals surface area contributed by atoms with Gasteiger partial charge in [0.1, 0.15) is 11.1 Å². The van der Waals surface area contributed by atoms with E-state index in [1.807, 2.05) is 33.0 Å². The second kappa shape index (κ2) is 6.83. The van der Waals surface area contributed by atoms with Gasteiger partial charge in [0.15, 0.2) is 5.82 Å². The summed E-state index contributed by atoms with van der Waals surface area (Å²) in [5.41, 5.74) is 7.99. The molecule has 2 aromatic rings. The van der Waals surface area contributed by atoms with E-state index in [4.69, 9.17) is 10.5 Å². The highest BCUT2D eigenvalue weighted by Crippen LogP contribution is 2.29. The van der Waals surface area contributed by atoms with E-state index in [9.17, 15) is 4.79 Å². The summed E-state index contributed by atoms with van der Waals surface area (Å²) in [4.78, 5) is 29.2. The maximum Gasteiger partial charge on any atom is 0.410 e. The van der Waals surface area contributed by atoms with Crippen LogP contribution in [0.1, 0.15) is 46.1 Å². The van der Waals surface area contributed by atoms with Crippen LogP contribution in [0.2, 0.25) is 0 Å². The Kier molecular flexibility index (Phi) is 4.84. The third-order valence-electron chi connectivity index (χ3n) is 4.61. The number of anilines is 2. The molecule has 0 unspecified atom stereocenters. The van der Waals surface area contributed by atoms with Gasteiger partial charge in [0.2, 0.25) is 5.95 Å². The van der Waals surface area contributed by atoms with Crippen LogP contribution in [-0.4, -0.2) is 57.7 Å². The van der Waals surface area contributed by atoms with Gasteiger partial charge in [-0.2, -0.15) is 4.98 Å². The summed E-state index contributed by atoms with van der Waals surface area (Å²) in [5, 5.41) is 0.